The summed E-state index contributed by atoms with van der Waals surface area (Å²) in [6.45, 7) is 17.7. The number of nitrogens with zero attached hydrogens (tertiary/aromatic N) is 2. The molecule has 0 aromatic carbocycles. The molecule has 3 heteroatoms. The van der Waals surface area contributed by atoms with E-state index in [0.717, 1.165) is 19.8 Å². The van der Waals surface area contributed by atoms with Gasteiger partial charge in [0.2, 0.25) is 0 Å². The van der Waals surface area contributed by atoms with Crippen LogP contribution in [0.5, 0.6) is 0 Å². The van der Waals surface area contributed by atoms with E-state index in [1.54, 1.807) is 0 Å². The lowest BCUT2D eigenvalue weighted by Crippen LogP contribution is -2.56. The maximum atomic E-state index is 5.68. The fraction of sp³-hybridized carbons (Fsp3) is 1.00. The SMILES string of the molecule is CCN1C[C@@H](C)N(CCOCC(C)C)C[C@@H]1C. The third kappa shape index (κ3) is 4.94. The van der Waals surface area contributed by atoms with Crippen LogP contribution in [-0.4, -0.2) is 61.3 Å². The first kappa shape index (κ1) is 14.9. The summed E-state index contributed by atoms with van der Waals surface area (Å²) < 4.78 is 5.68. The molecule has 17 heavy (non-hydrogen) atoms. The number of hydrogen-bond acceptors (Lipinski definition) is 3. The Labute approximate surface area is 107 Å². The number of ether oxygens (including phenoxy) is 1. The largest absolute Gasteiger partial charge is 0.380 e. The van der Waals surface area contributed by atoms with Crippen molar-refractivity contribution in [1.82, 2.24) is 9.80 Å². The fourth-order valence-electron chi connectivity index (χ4n) is 2.52. The van der Waals surface area contributed by atoms with E-state index in [9.17, 15) is 0 Å². The molecular formula is C14H30N2O. The highest BCUT2D eigenvalue weighted by Crippen LogP contribution is 2.14. The molecule has 1 rings (SSSR count). The van der Waals surface area contributed by atoms with Crippen molar-refractivity contribution in [2.75, 3.05) is 39.4 Å². The summed E-state index contributed by atoms with van der Waals surface area (Å²) in [5.41, 5.74) is 0. The second-order valence-corrected chi connectivity index (χ2v) is 5.75. The highest BCUT2D eigenvalue weighted by Gasteiger charge is 2.27. The van der Waals surface area contributed by atoms with Crippen LogP contribution in [0.4, 0.5) is 0 Å². The van der Waals surface area contributed by atoms with Crippen LogP contribution in [0.15, 0.2) is 0 Å². The number of hydrogen-bond donors (Lipinski definition) is 0. The first-order valence-electron chi connectivity index (χ1n) is 7.10. The smallest absolute Gasteiger partial charge is 0.0593 e. The Morgan fingerprint density at radius 2 is 1.71 bits per heavy atom. The van der Waals surface area contributed by atoms with Crippen LogP contribution in [0, 0.1) is 5.92 Å². The van der Waals surface area contributed by atoms with Crippen LogP contribution in [0.3, 0.4) is 0 Å². The summed E-state index contributed by atoms with van der Waals surface area (Å²) in [5, 5.41) is 0. The quantitative estimate of drug-likeness (QED) is 0.663. The molecule has 0 aromatic heterocycles. The van der Waals surface area contributed by atoms with Gasteiger partial charge in [-0.15, -0.1) is 0 Å². The lowest BCUT2D eigenvalue weighted by atomic mass is 10.1. The molecule has 1 heterocycles. The first-order chi connectivity index (χ1) is 8.04. The average molecular weight is 242 g/mol. The highest BCUT2D eigenvalue weighted by atomic mass is 16.5. The molecule has 0 amide bonds. The van der Waals surface area contributed by atoms with Crippen LogP contribution in [0.25, 0.3) is 0 Å². The molecule has 0 saturated carbocycles. The molecule has 1 fully saturated rings. The van der Waals surface area contributed by atoms with Gasteiger partial charge >= 0.3 is 0 Å². The van der Waals surface area contributed by atoms with Crippen molar-refractivity contribution in [3.8, 4) is 0 Å². The van der Waals surface area contributed by atoms with Crippen molar-refractivity contribution in [1.29, 1.82) is 0 Å². The lowest BCUT2D eigenvalue weighted by Gasteiger charge is -2.43. The molecule has 102 valence electrons. The van der Waals surface area contributed by atoms with Crippen molar-refractivity contribution < 1.29 is 4.74 Å². The van der Waals surface area contributed by atoms with Gasteiger partial charge in [-0.3, -0.25) is 9.80 Å². The summed E-state index contributed by atoms with van der Waals surface area (Å²) in [7, 11) is 0. The second kappa shape index (κ2) is 7.34. The summed E-state index contributed by atoms with van der Waals surface area (Å²) in [5.74, 6) is 0.642. The van der Waals surface area contributed by atoms with Gasteiger partial charge in [-0.2, -0.15) is 0 Å². The van der Waals surface area contributed by atoms with E-state index in [4.69, 9.17) is 4.74 Å². The minimum Gasteiger partial charge on any atom is -0.380 e. The predicted molar refractivity (Wildman–Crippen MR) is 73.4 cm³/mol. The zero-order valence-electron chi connectivity index (χ0n) is 12.3. The van der Waals surface area contributed by atoms with Gasteiger partial charge in [0.1, 0.15) is 0 Å². The van der Waals surface area contributed by atoms with Crippen LogP contribution in [-0.2, 0) is 4.74 Å². The predicted octanol–water partition coefficient (Wildman–Crippen LogP) is 2.07. The molecule has 0 unspecified atom stereocenters. The van der Waals surface area contributed by atoms with Crippen LogP contribution < -0.4 is 0 Å². The molecule has 1 saturated heterocycles. The minimum absolute atomic E-state index is 0.642. The Morgan fingerprint density at radius 1 is 1.12 bits per heavy atom. The van der Waals surface area contributed by atoms with E-state index in [1.807, 2.05) is 0 Å². The summed E-state index contributed by atoms with van der Waals surface area (Å²) in [6.07, 6.45) is 0. The van der Waals surface area contributed by atoms with Crippen molar-refractivity contribution >= 4 is 0 Å². The molecule has 0 aromatic rings. The average Bonchev–Trinajstić information content (AvgIpc) is 2.28. The van der Waals surface area contributed by atoms with Crippen molar-refractivity contribution in [3.05, 3.63) is 0 Å². The van der Waals surface area contributed by atoms with E-state index in [1.165, 1.54) is 19.6 Å². The molecule has 1 aliphatic rings. The molecule has 1 aliphatic heterocycles. The second-order valence-electron chi connectivity index (χ2n) is 5.75. The molecule has 0 aliphatic carbocycles. The van der Waals surface area contributed by atoms with Gasteiger partial charge in [-0.05, 0) is 26.3 Å². The van der Waals surface area contributed by atoms with Crippen molar-refractivity contribution in [2.24, 2.45) is 5.92 Å². The van der Waals surface area contributed by atoms with E-state index in [-0.39, 0.29) is 0 Å². The van der Waals surface area contributed by atoms with Crippen LogP contribution >= 0.6 is 0 Å². The van der Waals surface area contributed by atoms with Gasteiger partial charge in [0.15, 0.2) is 0 Å². The zero-order valence-corrected chi connectivity index (χ0v) is 12.3. The standard InChI is InChI=1S/C14H30N2O/c1-6-15-9-14(5)16(10-13(15)4)7-8-17-11-12(2)3/h12-14H,6-11H2,1-5H3/t13-,14+/m0/s1. The third-order valence-electron chi connectivity index (χ3n) is 3.62. The molecule has 2 atom stereocenters. The van der Waals surface area contributed by atoms with Gasteiger partial charge in [0.25, 0.3) is 0 Å². The molecule has 0 bridgehead atoms. The maximum absolute atomic E-state index is 5.68. The van der Waals surface area contributed by atoms with Crippen molar-refractivity contribution in [2.45, 2.75) is 46.7 Å². The zero-order chi connectivity index (χ0) is 12.8. The Hall–Kier alpha value is -0.120. The van der Waals surface area contributed by atoms with E-state index >= 15 is 0 Å². The van der Waals surface area contributed by atoms with Crippen LogP contribution in [0.1, 0.15) is 34.6 Å². The Bertz CT molecular complexity index is 208. The maximum Gasteiger partial charge on any atom is 0.0593 e. The topological polar surface area (TPSA) is 15.7 Å². The Kier molecular flexibility index (Phi) is 6.45. The van der Waals surface area contributed by atoms with Gasteiger partial charge < -0.3 is 4.74 Å². The monoisotopic (exact) mass is 242 g/mol. The summed E-state index contributed by atoms with van der Waals surface area (Å²) in [4.78, 5) is 5.13. The van der Waals surface area contributed by atoms with Crippen LogP contribution in [0.2, 0.25) is 0 Å². The molecule has 3 nitrogen and oxygen atoms in total. The van der Waals surface area contributed by atoms with Gasteiger partial charge in [-0.1, -0.05) is 20.8 Å². The molecule has 0 N–H and O–H groups in total. The third-order valence-corrected chi connectivity index (χ3v) is 3.62. The fourth-order valence-corrected chi connectivity index (χ4v) is 2.52. The normalized spacial score (nSPS) is 27.9. The lowest BCUT2D eigenvalue weighted by molar-refractivity contribution is 0.0179. The van der Waals surface area contributed by atoms with E-state index in [2.05, 4.69) is 44.4 Å². The van der Waals surface area contributed by atoms with Crippen molar-refractivity contribution in [3.63, 3.8) is 0 Å². The number of rotatable bonds is 6. The highest BCUT2D eigenvalue weighted by molar-refractivity contribution is 4.83. The van der Waals surface area contributed by atoms with E-state index < -0.39 is 0 Å². The molecule has 0 radical (unpaired) electrons. The van der Waals surface area contributed by atoms with Gasteiger partial charge in [0, 0.05) is 38.3 Å². The molecular weight excluding hydrogens is 212 g/mol. The molecule has 0 spiro atoms. The Morgan fingerprint density at radius 3 is 2.29 bits per heavy atom. The number of piperazine rings is 1. The summed E-state index contributed by atoms with van der Waals surface area (Å²) in [6, 6.07) is 1.34. The minimum atomic E-state index is 0.642. The number of likely N-dealkylation sites (N-methyl/N-ethyl adjacent to an activating group) is 1. The first-order valence-corrected chi connectivity index (χ1v) is 7.10. The van der Waals surface area contributed by atoms with Gasteiger partial charge in [-0.25, -0.2) is 0 Å². The Balaban J connectivity index is 2.25. The van der Waals surface area contributed by atoms with E-state index in [0.29, 0.717) is 18.0 Å². The summed E-state index contributed by atoms with van der Waals surface area (Å²) >= 11 is 0. The van der Waals surface area contributed by atoms with Gasteiger partial charge in [0.05, 0.1) is 6.61 Å².